The summed E-state index contributed by atoms with van der Waals surface area (Å²) in [5.41, 5.74) is 7.71. The van der Waals surface area contributed by atoms with Crippen molar-refractivity contribution in [2.45, 2.75) is 24.5 Å². The highest BCUT2D eigenvalue weighted by molar-refractivity contribution is 7.98. The Balaban J connectivity index is 2.07. The van der Waals surface area contributed by atoms with Gasteiger partial charge in [0, 0.05) is 17.5 Å². The van der Waals surface area contributed by atoms with Crippen LogP contribution in [0.3, 0.4) is 0 Å². The van der Waals surface area contributed by atoms with Crippen LogP contribution in [0.1, 0.15) is 17.3 Å². The number of hydrogen-bond acceptors (Lipinski definition) is 5. The summed E-state index contributed by atoms with van der Waals surface area (Å²) in [6.45, 7) is 3.84. The molecular formula is C11H13N3OS. The molecule has 2 rings (SSSR count). The molecule has 0 fully saturated rings. The minimum Gasteiger partial charge on any atom is -0.425 e. The summed E-state index contributed by atoms with van der Waals surface area (Å²) in [6, 6.07) is 5.87. The second kappa shape index (κ2) is 4.57. The Morgan fingerprint density at radius 1 is 1.31 bits per heavy atom. The lowest BCUT2D eigenvalue weighted by molar-refractivity contribution is 0.485. The molecule has 0 aliphatic heterocycles. The Labute approximate surface area is 98.2 Å². The van der Waals surface area contributed by atoms with Crippen LogP contribution in [0.5, 0.6) is 0 Å². The molecule has 0 atom stereocenters. The molecule has 0 saturated carbocycles. The number of nitrogens with zero attached hydrogens (tertiary/aromatic N) is 2. The number of aromatic nitrogens is 2. The highest BCUT2D eigenvalue weighted by atomic mass is 32.2. The summed E-state index contributed by atoms with van der Waals surface area (Å²) < 4.78 is 5.30. The van der Waals surface area contributed by atoms with E-state index in [1.54, 1.807) is 18.7 Å². The van der Waals surface area contributed by atoms with Crippen molar-refractivity contribution in [2.75, 3.05) is 5.73 Å². The second-order valence-corrected chi connectivity index (χ2v) is 4.55. The van der Waals surface area contributed by atoms with Crippen molar-refractivity contribution in [3.8, 4) is 0 Å². The van der Waals surface area contributed by atoms with Gasteiger partial charge in [-0.15, -0.1) is 22.0 Å². The van der Waals surface area contributed by atoms with Gasteiger partial charge in [-0.1, -0.05) is 6.07 Å². The summed E-state index contributed by atoms with van der Waals surface area (Å²) in [5.74, 6) is 1.91. The average Bonchev–Trinajstić information content (AvgIpc) is 2.66. The normalized spacial score (nSPS) is 10.6. The van der Waals surface area contributed by atoms with Gasteiger partial charge in [0.05, 0.1) is 5.75 Å². The highest BCUT2D eigenvalue weighted by Gasteiger charge is 2.05. The zero-order valence-corrected chi connectivity index (χ0v) is 10.0. The van der Waals surface area contributed by atoms with Gasteiger partial charge in [0.15, 0.2) is 0 Å². The van der Waals surface area contributed by atoms with E-state index in [0.29, 0.717) is 17.5 Å². The number of thioether (sulfide) groups is 1. The summed E-state index contributed by atoms with van der Waals surface area (Å²) in [5, 5.41) is 7.73. The third-order valence-corrected chi connectivity index (χ3v) is 3.27. The van der Waals surface area contributed by atoms with E-state index in [1.165, 1.54) is 5.56 Å². The molecule has 5 heteroatoms. The number of benzene rings is 1. The molecule has 0 radical (unpaired) electrons. The van der Waals surface area contributed by atoms with Gasteiger partial charge in [-0.2, -0.15) is 0 Å². The lowest BCUT2D eigenvalue weighted by Gasteiger charge is -2.04. The molecular weight excluding hydrogens is 222 g/mol. The van der Waals surface area contributed by atoms with Crippen molar-refractivity contribution < 1.29 is 4.42 Å². The number of hydrogen-bond donors (Lipinski definition) is 1. The summed E-state index contributed by atoms with van der Waals surface area (Å²) >= 11 is 1.65. The molecule has 0 aliphatic rings. The zero-order valence-electron chi connectivity index (χ0n) is 9.23. The fourth-order valence-electron chi connectivity index (χ4n) is 1.31. The first-order valence-corrected chi connectivity index (χ1v) is 5.91. The van der Waals surface area contributed by atoms with E-state index in [-0.39, 0.29) is 0 Å². The van der Waals surface area contributed by atoms with Crippen LogP contribution < -0.4 is 5.73 Å². The molecule has 2 N–H and O–H groups in total. The number of aryl methyl sites for hydroxylation is 2. The standard InChI is InChI=1S/C11H13N3OS/c1-7-3-4-9(12)5-10(7)16-6-11-14-13-8(2)15-11/h3-5H,6,12H2,1-2H3. The molecule has 0 bridgehead atoms. The van der Waals surface area contributed by atoms with Crippen LogP contribution in [0.25, 0.3) is 0 Å². The summed E-state index contributed by atoms with van der Waals surface area (Å²) in [6.07, 6.45) is 0. The van der Waals surface area contributed by atoms with Crippen LogP contribution >= 0.6 is 11.8 Å². The summed E-state index contributed by atoms with van der Waals surface area (Å²) in [7, 11) is 0. The van der Waals surface area contributed by atoms with Crippen molar-refractivity contribution in [1.29, 1.82) is 0 Å². The molecule has 16 heavy (non-hydrogen) atoms. The lowest BCUT2D eigenvalue weighted by atomic mass is 10.2. The Morgan fingerprint density at radius 3 is 2.81 bits per heavy atom. The number of nitrogen functional groups attached to an aromatic ring is 1. The molecule has 84 valence electrons. The van der Waals surface area contributed by atoms with Gasteiger partial charge in [0.25, 0.3) is 0 Å². The second-order valence-electron chi connectivity index (χ2n) is 3.53. The largest absolute Gasteiger partial charge is 0.425 e. The molecule has 0 saturated heterocycles. The van der Waals surface area contributed by atoms with Crippen molar-refractivity contribution >= 4 is 17.4 Å². The maximum atomic E-state index is 5.74. The number of nitrogens with two attached hydrogens (primary N) is 1. The van der Waals surface area contributed by atoms with Gasteiger partial charge in [-0.25, -0.2) is 0 Å². The molecule has 0 amide bonds. The van der Waals surface area contributed by atoms with Crippen LogP contribution in [0, 0.1) is 13.8 Å². The third-order valence-electron chi connectivity index (χ3n) is 2.13. The smallest absolute Gasteiger partial charge is 0.226 e. The van der Waals surface area contributed by atoms with Crippen LogP contribution in [-0.2, 0) is 5.75 Å². The molecule has 0 aliphatic carbocycles. The van der Waals surface area contributed by atoms with E-state index in [2.05, 4.69) is 17.1 Å². The first-order valence-electron chi connectivity index (χ1n) is 4.93. The zero-order chi connectivity index (χ0) is 11.5. The van der Waals surface area contributed by atoms with E-state index in [9.17, 15) is 0 Å². The summed E-state index contributed by atoms with van der Waals surface area (Å²) in [4.78, 5) is 1.15. The molecule has 1 aromatic heterocycles. The first-order chi connectivity index (χ1) is 7.65. The number of anilines is 1. The number of rotatable bonds is 3. The Kier molecular flexibility index (Phi) is 3.14. The quantitative estimate of drug-likeness (QED) is 0.654. The van der Waals surface area contributed by atoms with Gasteiger partial charge in [-0.05, 0) is 24.6 Å². The van der Waals surface area contributed by atoms with E-state index in [4.69, 9.17) is 10.2 Å². The minimum absolute atomic E-state index is 0.597. The molecule has 0 spiro atoms. The Bertz CT molecular complexity index is 496. The lowest BCUT2D eigenvalue weighted by Crippen LogP contribution is -1.88. The fraction of sp³-hybridized carbons (Fsp3) is 0.273. The monoisotopic (exact) mass is 235 g/mol. The van der Waals surface area contributed by atoms with Gasteiger partial charge in [0.2, 0.25) is 11.8 Å². The van der Waals surface area contributed by atoms with E-state index < -0.39 is 0 Å². The molecule has 1 heterocycles. The molecule has 4 nitrogen and oxygen atoms in total. The van der Waals surface area contributed by atoms with Gasteiger partial charge >= 0.3 is 0 Å². The van der Waals surface area contributed by atoms with Crippen molar-refractivity contribution in [2.24, 2.45) is 0 Å². The van der Waals surface area contributed by atoms with E-state index in [0.717, 1.165) is 10.6 Å². The highest BCUT2D eigenvalue weighted by Crippen LogP contribution is 2.27. The maximum Gasteiger partial charge on any atom is 0.226 e. The maximum absolute atomic E-state index is 5.74. The first kappa shape index (κ1) is 11.0. The van der Waals surface area contributed by atoms with Gasteiger partial charge in [-0.3, -0.25) is 0 Å². The van der Waals surface area contributed by atoms with Crippen LogP contribution in [0.4, 0.5) is 5.69 Å². The van der Waals surface area contributed by atoms with Crippen molar-refractivity contribution in [3.63, 3.8) is 0 Å². The van der Waals surface area contributed by atoms with Crippen molar-refractivity contribution in [1.82, 2.24) is 10.2 Å². The Morgan fingerprint density at radius 2 is 2.12 bits per heavy atom. The van der Waals surface area contributed by atoms with Crippen LogP contribution in [-0.4, -0.2) is 10.2 Å². The minimum atomic E-state index is 0.597. The third kappa shape index (κ3) is 2.55. The van der Waals surface area contributed by atoms with Crippen LogP contribution in [0.2, 0.25) is 0 Å². The van der Waals surface area contributed by atoms with E-state index in [1.807, 2.05) is 18.2 Å². The topological polar surface area (TPSA) is 64.9 Å². The molecule has 1 aromatic carbocycles. The van der Waals surface area contributed by atoms with Crippen molar-refractivity contribution in [3.05, 3.63) is 35.5 Å². The van der Waals surface area contributed by atoms with Gasteiger partial charge in [0.1, 0.15) is 0 Å². The fourth-order valence-corrected chi connectivity index (χ4v) is 2.22. The average molecular weight is 235 g/mol. The van der Waals surface area contributed by atoms with Gasteiger partial charge < -0.3 is 10.2 Å². The Hall–Kier alpha value is -1.49. The predicted molar refractivity (Wildman–Crippen MR) is 64.2 cm³/mol. The molecule has 2 aromatic rings. The molecule has 0 unspecified atom stereocenters. The van der Waals surface area contributed by atoms with E-state index >= 15 is 0 Å². The predicted octanol–water partition coefficient (Wildman–Crippen LogP) is 2.56. The SMILES string of the molecule is Cc1nnc(CSc2cc(N)ccc2C)o1. The van der Waals surface area contributed by atoms with Crippen LogP contribution in [0.15, 0.2) is 27.5 Å².